The van der Waals surface area contributed by atoms with Gasteiger partial charge in [0.05, 0.1) is 17.7 Å². The first-order valence-corrected chi connectivity index (χ1v) is 5.99. The Bertz CT molecular complexity index is 689. The Labute approximate surface area is 108 Å². The number of hydrogen-bond donors (Lipinski definition) is 2. The highest BCUT2D eigenvalue weighted by Crippen LogP contribution is 2.17. The van der Waals surface area contributed by atoms with Gasteiger partial charge in [-0.15, -0.1) is 0 Å². The predicted octanol–water partition coefficient (Wildman–Crippen LogP) is 1.04. The molecule has 0 bridgehead atoms. The number of amides is 1. The third-order valence-electron chi connectivity index (χ3n) is 3.34. The third-order valence-corrected chi connectivity index (χ3v) is 3.34. The minimum absolute atomic E-state index is 0.0397. The number of carbonyl (C=O) groups excluding carboxylic acids is 1. The van der Waals surface area contributed by atoms with E-state index in [2.05, 4.69) is 10.2 Å². The van der Waals surface area contributed by atoms with Crippen LogP contribution in [-0.2, 0) is 13.0 Å². The largest absolute Gasteiger partial charge is 0.334 e. The number of benzene rings is 1. The number of nitrogens with one attached hydrogen (secondary N) is 2. The molecule has 19 heavy (non-hydrogen) atoms. The number of aromatic amines is 2. The van der Waals surface area contributed by atoms with Crippen molar-refractivity contribution in [2.45, 2.75) is 13.0 Å². The van der Waals surface area contributed by atoms with Crippen molar-refractivity contribution in [3.8, 4) is 0 Å². The quantitative estimate of drug-likeness (QED) is 0.805. The van der Waals surface area contributed by atoms with Crippen LogP contribution in [0.3, 0.4) is 0 Å². The van der Waals surface area contributed by atoms with E-state index < -0.39 is 5.82 Å². The van der Waals surface area contributed by atoms with Crippen molar-refractivity contribution in [2.75, 3.05) is 6.54 Å². The highest BCUT2D eigenvalue weighted by Gasteiger charge is 2.26. The SMILES string of the molecule is O=C(c1ccccc1F)N1CCc2[nH][nH]c(=O)c2C1. The van der Waals surface area contributed by atoms with Crippen molar-refractivity contribution < 1.29 is 9.18 Å². The molecule has 2 aromatic rings. The monoisotopic (exact) mass is 261 g/mol. The van der Waals surface area contributed by atoms with E-state index in [1.165, 1.54) is 23.1 Å². The molecule has 0 atom stereocenters. The molecular formula is C13H12FN3O2. The molecule has 3 rings (SSSR count). The van der Waals surface area contributed by atoms with Gasteiger partial charge in [0.25, 0.3) is 11.5 Å². The maximum absolute atomic E-state index is 13.6. The topological polar surface area (TPSA) is 69.0 Å². The second-order valence-corrected chi connectivity index (χ2v) is 4.49. The summed E-state index contributed by atoms with van der Waals surface area (Å²) in [5.74, 6) is -0.925. The summed E-state index contributed by atoms with van der Waals surface area (Å²) < 4.78 is 13.6. The number of aromatic nitrogens is 2. The summed E-state index contributed by atoms with van der Waals surface area (Å²) in [4.78, 5) is 25.3. The Kier molecular flexibility index (Phi) is 2.70. The van der Waals surface area contributed by atoms with Gasteiger partial charge in [0.2, 0.25) is 0 Å². The second-order valence-electron chi connectivity index (χ2n) is 4.49. The van der Waals surface area contributed by atoms with Crippen molar-refractivity contribution in [1.82, 2.24) is 15.1 Å². The van der Waals surface area contributed by atoms with Gasteiger partial charge in [0.15, 0.2) is 0 Å². The van der Waals surface area contributed by atoms with Crippen LogP contribution in [0.1, 0.15) is 21.6 Å². The maximum atomic E-state index is 13.6. The van der Waals surface area contributed by atoms with Crippen LogP contribution in [0.15, 0.2) is 29.1 Å². The molecule has 0 radical (unpaired) electrons. The molecule has 0 aliphatic carbocycles. The molecule has 0 fully saturated rings. The highest BCUT2D eigenvalue weighted by molar-refractivity contribution is 5.94. The standard InChI is InChI=1S/C13H12FN3O2/c14-10-4-2-1-3-8(10)13(19)17-6-5-11-9(7-17)12(18)16-15-11/h1-4H,5-7H2,(H2,15,16,18). The van der Waals surface area contributed by atoms with Crippen molar-refractivity contribution in [3.63, 3.8) is 0 Å². The number of rotatable bonds is 1. The highest BCUT2D eigenvalue weighted by atomic mass is 19.1. The molecule has 1 amide bonds. The zero-order chi connectivity index (χ0) is 13.4. The predicted molar refractivity (Wildman–Crippen MR) is 66.3 cm³/mol. The minimum Gasteiger partial charge on any atom is -0.334 e. The Hall–Kier alpha value is -2.37. The van der Waals surface area contributed by atoms with Crippen molar-refractivity contribution in [2.24, 2.45) is 0 Å². The van der Waals surface area contributed by atoms with Gasteiger partial charge in [-0.3, -0.25) is 14.7 Å². The first kappa shape index (κ1) is 11.7. The first-order chi connectivity index (χ1) is 9.16. The molecule has 0 saturated carbocycles. The lowest BCUT2D eigenvalue weighted by Crippen LogP contribution is -2.37. The zero-order valence-corrected chi connectivity index (χ0v) is 10.1. The minimum atomic E-state index is -0.540. The lowest BCUT2D eigenvalue weighted by atomic mass is 10.1. The molecular weight excluding hydrogens is 249 g/mol. The third kappa shape index (κ3) is 1.95. The number of fused-ring (bicyclic) bond motifs is 1. The van der Waals surface area contributed by atoms with E-state index in [1.54, 1.807) is 6.07 Å². The van der Waals surface area contributed by atoms with E-state index in [9.17, 15) is 14.0 Å². The van der Waals surface area contributed by atoms with Crippen LogP contribution in [0.5, 0.6) is 0 Å². The van der Waals surface area contributed by atoms with Gasteiger partial charge in [-0.05, 0) is 12.1 Å². The fraction of sp³-hybridized carbons (Fsp3) is 0.231. The smallest absolute Gasteiger partial charge is 0.269 e. The first-order valence-electron chi connectivity index (χ1n) is 5.99. The summed E-state index contributed by atoms with van der Waals surface area (Å²) in [5, 5.41) is 5.28. The van der Waals surface area contributed by atoms with Gasteiger partial charge in [0, 0.05) is 18.7 Å². The van der Waals surface area contributed by atoms with Crippen molar-refractivity contribution in [3.05, 3.63) is 57.3 Å². The van der Waals surface area contributed by atoms with Crippen LogP contribution >= 0.6 is 0 Å². The van der Waals surface area contributed by atoms with Gasteiger partial charge < -0.3 is 10.00 Å². The summed E-state index contributed by atoms with van der Waals surface area (Å²) in [6.07, 6.45) is 0.564. The lowest BCUT2D eigenvalue weighted by Gasteiger charge is -2.26. The summed E-state index contributed by atoms with van der Waals surface area (Å²) in [7, 11) is 0. The zero-order valence-electron chi connectivity index (χ0n) is 10.1. The average molecular weight is 261 g/mol. The number of nitrogens with zero attached hydrogens (tertiary/aromatic N) is 1. The molecule has 5 nitrogen and oxygen atoms in total. The van der Waals surface area contributed by atoms with Crippen LogP contribution in [0, 0.1) is 5.82 Å². The van der Waals surface area contributed by atoms with Crippen LogP contribution < -0.4 is 5.56 Å². The maximum Gasteiger partial charge on any atom is 0.269 e. The second kappa shape index (κ2) is 4.38. The molecule has 1 aromatic heterocycles. The molecule has 1 aliphatic rings. The van der Waals surface area contributed by atoms with Gasteiger partial charge in [-0.25, -0.2) is 4.39 Å². The van der Waals surface area contributed by atoms with E-state index in [1.807, 2.05) is 0 Å². The van der Waals surface area contributed by atoms with E-state index in [0.717, 1.165) is 5.69 Å². The van der Waals surface area contributed by atoms with E-state index in [-0.39, 0.29) is 23.6 Å². The lowest BCUT2D eigenvalue weighted by molar-refractivity contribution is 0.0729. The van der Waals surface area contributed by atoms with Gasteiger partial charge in [0.1, 0.15) is 5.82 Å². The summed E-state index contributed by atoms with van der Waals surface area (Å²) in [6.45, 7) is 0.676. The molecule has 1 aliphatic heterocycles. The Morgan fingerprint density at radius 2 is 2.05 bits per heavy atom. The van der Waals surface area contributed by atoms with Crippen LogP contribution in [-0.4, -0.2) is 27.5 Å². The molecule has 98 valence electrons. The van der Waals surface area contributed by atoms with E-state index in [0.29, 0.717) is 18.5 Å². The Balaban J connectivity index is 1.89. The molecule has 2 N–H and O–H groups in total. The van der Waals surface area contributed by atoms with Gasteiger partial charge in [-0.2, -0.15) is 0 Å². The van der Waals surface area contributed by atoms with Crippen LogP contribution in [0.2, 0.25) is 0 Å². The molecule has 1 aromatic carbocycles. The Morgan fingerprint density at radius 1 is 1.26 bits per heavy atom. The fourth-order valence-electron chi connectivity index (χ4n) is 2.30. The van der Waals surface area contributed by atoms with E-state index >= 15 is 0 Å². The molecule has 2 heterocycles. The average Bonchev–Trinajstić information content (AvgIpc) is 2.80. The number of hydrogen-bond acceptors (Lipinski definition) is 2. The Morgan fingerprint density at radius 3 is 2.84 bits per heavy atom. The molecule has 6 heteroatoms. The number of H-pyrrole nitrogens is 2. The fourth-order valence-corrected chi connectivity index (χ4v) is 2.30. The number of halogens is 1. The number of carbonyl (C=O) groups is 1. The molecule has 0 saturated heterocycles. The van der Waals surface area contributed by atoms with Gasteiger partial charge >= 0.3 is 0 Å². The normalized spacial score (nSPS) is 14.3. The summed E-state index contributed by atoms with van der Waals surface area (Å²) >= 11 is 0. The van der Waals surface area contributed by atoms with Crippen molar-refractivity contribution >= 4 is 5.91 Å². The summed E-state index contributed by atoms with van der Waals surface area (Å²) in [5.41, 5.74) is 1.19. The molecule has 0 spiro atoms. The van der Waals surface area contributed by atoms with Crippen LogP contribution in [0.4, 0.5) is 4.39 Å². The van der Waals surface area contributed by atoms with Gasteiger partial charge in [-0.1, -0.05) is 12.1 Å². The van der Waals surface area contributed by atoms with Crippen LogP contribution in [0.25, 0.3) is 0 Å². The van der Waals surface area contributed by atoms with Crippen molar-refractivity contribution in [1.29, 1.82) is 0 Å². The van der Waals surface area contributed by atoms with E-state index in [4.69, 9.17) is 0 Å². The summed E-state index contributed by atoms with van der Waals surface area (Å²) in [6, 6.07) is 5.87. The molecule has 0 unspecified atom stereocenters.